The van der Waals surface area contributed by atoms with Crippen LogP contribution in [-0.2, 0) is 0 Å². The van der Waals surface area contributed by atoms with Crippen LogP contribution in [0.4, 0.5) is 17.3 Å². The van der Waals surface area contributed by atoms with Gasteiger partial charge in [0.15, 0.2) is 0 Å². The Morgan fingerprint density at radius 1 is 1.11 bits per heavy atom. The summed E-state index contributed by atoms with van der Waals surface area (Å²) >= 11 is 0. The summed E-state index contributed by atoms with van der Waals surface area (Å²) in [4.78, 5) is 8.39. The minimum absolute atomic E-state index is 0.763. The van der Waals surface area contributed by atoms with E-state index in [1.165, 1.54) is 6.33 Å². The molecule has 0 saturated carbocycles. The van der Waals surface area contributed by atoms with Gasteiger partial charge in [-0.25, -0.2) is 9.97 Å². The van der Waals surface area contributed by atoms with Crippen molar-refractivity contribution in [3.63, 3.8) is 0 Å². The molecule has 0 unspecified atom stereocenters. The van der Waals surface area contributed by atoms with Gasteiger partial charge in [0.05, 0.1) is 12.8 Å². The Morgan fingerprint density at radius 2 is 1.83 bits per heavy atom. The van der Waals surface area contributed by atoms with Gasteiger partial charge in [-0.15, -0.1) is 0 Å². The third kappa shape index (κ3) is 2.34. The number of nitrogens with one attached hydrogen (secondary N) is 2. The van der Waals surface area contributed by atoms with Crippen molar-refractivity contribution >= 4 is 17.3 Å². The second kappa shape index (κ2) is 5.35. The molecule has 0 amide bonds. The fraction of sp³-hybridized carbons (Fsp3) is 0.231. The molecule has 18 heavy (non-hydrogen) atoms. The van der Waals surface area contributed by atoms with Crippen LogP contribution in [0.5, 0.6) is 5.75 Å². The molecule has 0 aliphatic carbocycles. The number of hydrogen-bond acceptors (Lipinski definition) is 5. The zero-order valence-electron chi connectivity index (χ0n) is 10.7. The van der Waals surface area contributed by atoms with Crippen LogP contribution in [-0.4, -0.2) is 24.1 Å². The number of anilines is 3. The van der Waals surface area contributed by atoms with Crippen LogP contribution in [0.3, 0.4) is 0 Å². The largest absolute Gasteiger partial charge is 0.495 e. The number of methoxy groups -OCH3 is 1. The van der Waals surface area contributed by atoms with E-state index in [-0.39, 0.29) is 0 Å². The lowest BCUT2D eigenvalue weighted by molar-refractivity contribution is 0.417. The molecule has 0 saturated heterocycles. The van der Waals surface area contributed by atoms with E-state index in [4.69, 9.17) is 4.74 Å². The molecule has 1 aromatic carbocycles. The van der Waals surface area contributed by atoms with E-state index >= 15 is 0 Å². The average Bonchev–Trinajstić information content (AvgIpc) is 2.42. The molecule has 0 aliphatic heterocycles. The van der Waals surface area contributed by atoms with Gasteiger partial charge >= 0.3 is 0 Å². The van der Waals surface area contributed by atoms with Crippen molar-refractivity contribution in [2.45, 2.75) is 6.92 Å². The Balaban J connectivity index is 2.34. The molecule has 1 aromatic heterocycles. The van der Waals surface area contributed by atoms with Gasteiger partial charge in [0.1, 0.15) is 23.7 Å². The van der Waals surface area contributed by atoms with Crippen molar-refractivity contribution in [3.05, 3.63) is 36.2 Å². The first-order valence-corrected chi connectivity index (χ1v) is 5.65. The quantitative estimate of drug-likeness (QED) is 0.865. The number of rotatable bonds is 4. The van der Waals surface area contributed by atoms with E-state index in [9.17, 15) is 0 Å². The Labute approximate surface area is 106 Å². The summed E-state index contributed by atoms with van der Waals surface area (Å²) < 4.78 is 5.29. The summed E-state index contributed by atoms with van der Waals surface area (Å²) in [5, 5.41) is 6.28. The van der Waals surface area contributed by atoms with Crippen LogP contribution in [0, 0.1) is 6.92 Å². The first kappa shape index (κ1) is 12.2. The van der Waals surface area contributed by atoms with Crippen LogP contribution >= 0.6 is 0 Å². The molecule has 0 fully saturated rings. The molecule has 0 atom stereocenters. The maximum atomic E-state index is 5.29. The van der Waals surface area contributed by atoms with Crippen LogP contribution in [0.15, 0.2) is 30.6 Å². The van der Waals surface area contributed by atoms with E-state index in [0.717, 1.165) is 28.6 Å². The van der Waals surface area contributed by atoms with Gasteiger partial charge in [-0.05, 0) is 19.1 Å². The zero-order valence-corrected chi connectivity index (χ0v) is 10.7. The van der Waals surface area contributed by atoms with Crippen molar-refractivity contribution in [2.75, 3.05) is 24.8 Å². The maximum Gasteiger partial charge on any atom is 0.142 e. The normalized spacial score (nSPS) is 9.94. The molecule has 2 N–H and O–H groups in total. The molecule has 0 radical (unpaired) electrons. The van der Waals surface area contributed by atoms with Crippen LogP contribution < -0.4 is 15.4 Å². The number of benzene rings is 1. The van der Waals surface area contributed by atoms with Crippen molar-refractivity contribution in [1.29, 1.82) is 0 Å². The van der Waals surface area contributed by atoms with Gasteiger partial charge in [0.25, 0.3) is 0 Å². The van der Waals surface area contributed by atoms with E-state index in [0.29, 0.717) is 0 Å². The Hall–Kier alpha value is -2.30. The highest BCUT2D eigenvalue weighted by Gasteiger charge is 2.08. The van der Waals surface area contributed by atoms with E-state index in [1.807, 2.05) is 38.2 Å². The number of aromatic nitrogens is 2. The number of nitrogens with zero attached hydrogens (tertiary/aromatic N) is 2. The highest BCUT2D eigenvalue weighted by Crippen LogP contribution is 2.28. The Bertz CT molecular complexity index is 542. The molecule has 5 nitrogen and oxygen atoms in total. The molecule has 2 rings (SSSR count). The van der Waals surface area contributed by atoms with Crippen LogP contribution in [0.1, 0.15) is 5.56 Å². The molecule has 5 heteroatoms. The lowest BCUT2D eigenvalue weighted by Gasteiger charge is -2.13. The molecule has 2 aromatic rings. The summed E-state index contributed by atoms with van der Waals surface area (Å²) in [7, 11) is 3.48. The molecular formula is C13H16N4O. The number of ether oxygens (including phenoxy) is 1. The SMILES string of the molecule is CNc1ncnc(Nc2ccccc2OC)c1C. The lowest BCUT2D eigenvalue weighted by Crippen LogP contribution is -2.03. The molecule has 94 valence electrons. The molecule has 0 bridgehead atoms. The highest BCUT2D eigenvalue weighted by molar-refractivity contribution is 5.68. The summed E-state index contributed by atoms with van der Waals surface area (Å²) in [6.07, 6.45) is 1.52. The monoisotopic (exact) mass is 244 g/mol. The van der Waals surface area contributed by atoms with Crippen molar-refractivity contribution in [1.82, 2.24) is 9.97 Å². The van der Waals surface area contributed by atoms with Crippen LogP contribution in [0.2, 0.25) is 0 Å². The van der Waals surface area contributed by atoms with Crippen molar-refractivity contribution < 1.29 is 4.74 Å². The van der Waals surface area contributed by atoms with Gasteiger partial charge in [-0.3, -0.25) is 0 Å². The Kier molecular flexibility index (Phi) is 3.62. The Morgan fingerprint density at radius 3 is 2.56 bits per heavy atom. The first-order chi connectivity index (χ1) is 8.76. The topological polar surface area (TPSA) is 59.1 Å². The molecule has 1 heterocycles. The standard InChI is InChI=1S/C13H16N4O/c1-9-12(14-2)15-8-16-13(9)17-10-6-4-5-7-11(10)18-3/h4-8H,1-3H3,(H2,14,15,16,17). The first-order valence-electron chi connectivity index (χ1n) is 5.65. The van der Waals surface area contributed by atoms with Gasteiger partial charge in [-0.1, -0.05) is 12.1 Å². The fourth-order valence-corrected chi connectivity index (χ4v) is 1.70. The molecular weight excluding hydrogens is 228 g/mol. The second-order valence-electron chi connectivity index (χ2n) is 3.77. The summed E-state index contributed by atoms with van der Waals surface area (Å²) in [5.74, 6) is 2.35. The van der Waals surface area contributed by atoms with Crippen LogP contribution in [0.25, 0.3) is 0 Å². The van der Waals surface area contributed by atoms with Gasteiger partial charge in [-0.2, -0.15) is 0 Å². The van der Waals surface area contributed by atoms with Crippen molar-refractivity contribution in [2.24, 2.45) is 0 Å². The average molecular weight is 244 g/mol. The predicted octanol–water partition coefficient (Wildman–Crippen LogP) is 2.58. The smallest absolute Gasteiger partial charge is 0.142 e. The predicted molar refractivity (Wildman–Crippen MR) is 72.6 cm³/mol. The van der Waals surface area contributed by atoms with Gasteiger partial charge < -0.3 is 15.4 Å². The molecule has 0 aliphatic rings. The lowest BCUT2D eigenvalue weighted by atomic mass is 10.2. The van der Waals surface area contributed by atoms with E-state index < -0.39 is 0 Å². The third-order valence-electron chi connectivity index (χ3n) is 2.68. The zero-order chi connectivity index (χ0) is 13.0. The summed E-state index contributed by atoms with van der Waals surface area (Å²) in [6, 6.07) is 7.72. The maximum absolute atomic E-state index is 5.29. The third-order valence-corrected chi connectivity index (χ3v) is 2.68. The number of hydrogen-bond donors (Lipinski definition) is 2. The van der Waals surface area contributed by atoms with Crippen molar-refractivity contribution in [3.8, 4) is 5.75 Å². The van der Waals surface area contributed by atoms with E-state index in [1.54, 1.807) is 7.11 Å². The minimum atomic E-state index is 0.763. The number of para-hydroxylation sites is 2. The summed E-state index contributed by atoms with van der Waals surface area (Å²) in [5.41, 5.74) is 1.84. The summed E-state index contributed by atoms with van der Waals surface area (Å²) in [6.45, 7) is 1.96. The fourth-order valence-electron chi connectivity index (χ4n) is 1.70. The molecule has 0 spiro atoms. The second-order valence-corrected chi connectivity index (χ2v) is 3.77. The minimum Gasteiger partial charge on any atom is -0.495 e. The van der Waals surface area contributed by atoms with Gasteiger partial charge in [0, 0.05) is 12.6 Å². The van der Waals surface area contributed by atoms with Gasteiger partial charge in [0.2, 0.25) is 0 Å². The highest BCUT2D eigenvalue weighted by atomic mass is 16.5. The van der Waals surface area contributed by atoms with E-state index in [2.05, 4.69) is 20.6 Å².